The molecule has 114 valence electrons. The number of nitro benzene ring substituents is 1. The quantitative estimate of drug-likeness (QED) is 0.671. The van der Waals surface area contributed by atoms with Crippen LogP contribution in [0.4, 0.5) is 11.4 Å². The summed E-state index contributed by atoms with van der Waals surface area (Å²) in [6.07, 6.45) is 0. The van der Waals surface area contributed by atoms with Crippen LogP contribution in [0.3, 0.4) is 0 Å². The number of carboxylic acids is 1. The Hall–Kier alpha value is -2.15. The van der Waals surface area contributed by atoms with Gasteiger partial charge in [-0.25, -0.2) is 4.79 Å². The molecule has 7 nitrogen and oxygen atoms in total. The lowest BCUT2D eigenvalue weighted by Gasteiger charge is -2.23. The molecule has 21 heavy (non-hydrogen) atoms. The highest BCUT2D eigenvalue weighted by Gasteiger charge is 2.34. The molecule has 0 amide bonds. The molecular formula is C14H19N3O4. The van der Waals surface area contributed by atoms with E-state index in [1.165, 1.54) is 12.1 Å². The lowest BCUT2D eigenvalue weighted by molar-refractivity contribution is -0.384. The maximum atomic E-state index is 11.2. The van der Waals surface area contributed by atoms with Gasteiger partial charge in [0.2, 0.25) is 0 Å². The Labute approximate surface area is 122 Å². The highest BCUT2D eigenvalue weighted by atomic mass is 16.6. The minimum Gasteiger partial charge on any atom is -0.478 e. The van der Waals surface area contributed by atoms with Crippen molar-refractivity contribution < 1.29 is 14.8 Å². The minimum absolute atomic E-state index is 0.0677. The molecule has 2 rings (SSSR count). The predicted molar refractivity (Wildman–Crippen MR) is 78.9 cm³/mol. The van der Waals surface area contributed by atoms with Gasteiger partial charge in [-0.05, 0) is 32.1 Å². The number of aromatic carboxylic acids is 1. The summed E-state index contributed by atoms with van der Waals surface area (Å²) in [5.74, 6) is -0.774. The van der Waals surface area contributed by atoms with Gasteiger partial charge in [0.05, 0.1) is 10.5 Å². The van der Waals surface area contributed by atoms with Crippen molar-refractivity contribution in [3.63, 3.8) is 0 Å². The molecule has 1 heterocycles. The first-order valence-corrected chi connectivity index (χ1v) is 6.74. The Morgan fingerprint density at radius 3 is 2.57 bits per heavy atom. The van der Waals surface area contributed by atoms with E-state index in [1.807, 2.05) is 19.0 Å². The zero-order chi connectivity index (χ0) is 15.7. The van der Waals surface area contributed by atoms with E-state index in [9.17, 15) is 14.9 Å². The number of hydrogen-bond acceptors (Lipinski definition) is 5. The second-order valence-corrected chi connectivity index (χ2v) is 5.68. The molecule has 0 bridgehead atoms. The molecule has 7 heteroatoms. The maximum Gasteiger partial charge on any atom is 0.335 e. The summed E-state index contributed by atoms with van der Waals surface area (Å²) in [4.78, 5) is 25.7. The van der Waals surface area contributed by atoms with E-state index in [2.05, 4.69) is 11.8 Å². The van der Waals surface area contributed by atoms with Crippen LogP contribution < -0.4 is 4.90 Å². The number of carbonyl (C=O) groups is 1. The number of nitro groups is 1. The van der Waals surface area contributed by atoms with Gasteiger partial charge in [-0.2, -0.15) is 0 Å². The largest absolute Gasteiger partial charge is 0.478 e. The van der Waals surface area contributed by atoms with Crippen LogP contribution in [-0.2, 0) is 0 Å². The van der Waals surface area contributed by atoms with E-state index in [-0.39, 0.29) is 11.3 Å². The van der Waals surface area contributed by atoms with Gasteiger partial charge >= 0.3 is 5.97 Å². The zero-order valence-corrected chi connectivity index (χ0v) is 12.3. The fraction of sp³-hybridized carbons (Fsp3) is 0.500. The van der Waals surface area contributed by atoms with Crippen LogP contribution in [-0.4, -0.2) is 54.1 Å². The van der Waals surface area contributed by atoms with Crippen molar-refractivity contribution >= 4 is 17.3 Å². The number of carboxylic acid groups (broad SMARTS) is 1. The first-order chi connectivity index (χ1) is 9.81. The van der Waals surface area contributed by atoms with Crippen LogP contribution >= 0.6 is 0 Å². The van der Waals surface area contributed by atoms with Crippen LogP contribution in [0.2, 0.25) is 0 Å². The van der Waals surface area contributed by atoms with E-state index in [0.29, 0.717) is 24.2 Å². The van der Waals surface area contributed by atoms with Crippen LogP contribution in [0.5, 0.6) is 0 Å². The number of benzene rings is 1. The first kappa shape index (κ1) is 15.2. The molecule has 2 unspecified atom stereocenters. The summed E-state index contributed by atoms with van der Waals surface area (Å²) in [6.45, 7) is 3.53. The molecule has 1 fully saturated rings. The molecule has 0 saturated carbocycles. The zero-order valence-electron chi connectivity index (χ0n) is 12.3. The molecule has 1 aromatic carbocycles. The molecule has 0 radical (unpaired) electrons. The Bertz CT molecular complexity index is 573. The monoisotopic (exact) mass is 293 g/mol. The molecular weight excluding hydrogens is 274 g/mol. The lowest BCUT2D eigenvalue weighted by atomic mass is 10.1. The number of anilines is 1. The Morgan fingerprint density at radius 1 is 1.43 bits per heavy atom. The molecule has 1 N–H and O–H groups in total. The Kier molecular flexibility index (Phi) is 4.13. The smallest absolute Gasteiger partial charge is 0.335 e. The van der Waals surface area contributed by atoms with Gasteiger partial charge in [-0.1, -0.05) is 6.92 Å². The third-order valence-corrected chi connectivity index (χ3v) is 4.00. The van der Waals surface area contributed by atoms with Gasteiger partial charge in [-0.3, -0.25) is 10.1 Å². The van der Waals surface area contributed by atoms with Gasteiger partial charge in [0.15, 0.2) is 0 Å². The molecule has 1 aliphatic heterocycles. The van der Waals surface area contributed by atoms with Gasteiger partial charge < -0.3 is 14.9 Å². The fourth-order valence-corrected chi connectivity index (χ4v) is 2.89. The molecule has 2 atom stereocenters. The van der Waals surface area contributed by atoms with E-state index >= 15 is 0 Å². The third kappa shape index (κ3) is 2.97. The maximum absolute atomic E-state index is 11.2. The summed E-state index contributed by atoms with van der Waals surface area (Å²) in [6, 6.07) is 4.40. The summed E-state index contributed by atoms with van der Waals surface area (Å²) in [5.41, 5.74) is 0.268. The van der Waals surface area contributed by atoms with Crippen molar-refractivity contribution in [1.29, 1.82) is 0 Å². The molecule has 0 aliphatic carbocycles. The van der Waals surface area contributed by atoms with E-state index in [4.69, 9.17) is 5.11 Å². The molecule has 1 aliphatic rings. The highest BCUT2D eigenvalue weighted by Crippen LogP contribution is 2.34. The summed E-state index contributed by atoms with van der Waals surface area (Å²) in [7, 11) is 3.99. The second-order valence-electron chi connectivity index (χ2n) is 5.68. The van der Waals surface area contributed by atoms with Crippen LogP contribution in [0.25, 0.3) is 0 Å². The average Bonchev–Trinajstić information content (AvgIpc) is 2.80. The fourth-order valence-electron chi connectivity index (χ4n) is 2.89. The first-order valence-electron chi connectivity index (χ1n) is 6.74. The second kappa shape index (κ2) is 5.69. The third-order valence-electron chi connectivity index (χ3n) is 4.00. The SMILES string of the molecule is CC1CN(c2ccc(C(=O)O)cc2[N+](=O)[O-])CC1N(C)C. The molecule has 0 aromatic heterocycles. The lowest BCUT2D eigenvalue weighted by Crippen LogP contribution is -2.34. The summed E-state index contributed by atoms with van der Waals surface area (Å²) in [5, 5.41) is 20.2. The topological polar surface area (TPSA) is 86.9 Å². The molecule has 1 saturated heterocycles. The Balaban J connectivity index is 2.36. The summed E-state index contributed by atoms with van der Waals surface area (Å²) >= 11 is 0. The molecule has 1 aromatic rings. The number of likely N-dealkylation sites (N-methyl/N-ethyl adjacent to an activating group) is 1. The predicted octanol–water partition coefficient (Wildman–Crippen LogP) is 1.68. The van der Waals surface area contributed by atoms with Crippen molar-refractivity contribution in [3.8, 4) is 0 Å². The van der Waals surface area contributed by atoms with Crippen molar-refractivity contribution in [3.05, 3.63) is 33.9 Å². The van der Waals surface area contributed by atoms with Gasteiger partial charge in [-0.15, -0.1) is 0 Å². The van der Waals surface area contributed by atoms with E-state index < -0.39 is 10.9 Å². The van der Waals surface area contributed by atoms with Crippen LogP contribution in [0.1, 0.15) is 17.3 Å². The highest BCUT2D eigenvalue weighted by molar-refractivity contribution is 5.89. The van der Waals surface area contributed by atoms with Gasteiger partial charge in [0.1, 0.15) is 5.69 Å². The van der Waals surface area contributed by atoms with Crippen molar-refractivity contribution in [1.82, 2.24) is 4.90 Å². The van der Waals surface area contributed by atoms with Gasteiger partial charge in [0, 0.05) is 25.2 Å². The van der Waals surface area contributed by atoms with Crippen molar-refractivity contribution in [2.45, 2.75) is 13.0 Å². The number of nitrogens with zero attached hydrogens (tertiary/aromatic N) is 3. The summed E-state index contributed by atoms with van der Waals surface area (Å²) < 4.78 is 0. The van der Waals surface area contributed by atoms with E-state index in [0.717, 1.165) is 12.6 Å². The Morgan fingerprint density at radius 2 is 2.10 bits per heavy atom. The number of hydrogen-bond donors (Lipinski definition) is 1. The normalized spacial score (nSPS) is 21.8. The van der Waals surface area contributed by atoms with E-state index in [1.54, 1.807) is 0 Å². The van der Waals surface area contributed by atoms with Crippen molar-refractivity contribution in [2.75, 3.05) is 32.1 Å². The van der Waals surface area contributed by atoms with Crippen molar-refractivity contribution in [2.24, 2.45) is 5.92 Å². The van der Waals surface area contributed by atoms with Crippen LogP contribution in [0.15, 0.2) is 18.2 Å². The standard InChI is InChI=1S/C14H19N3O4/c1-9-7-16(8-13(9)15(2)3)11-5-4-10(14(18)19)6-12(11)17(20)21/h4-6,9,13H,7-8H2,1-3H3,(H,18,19). The average molecular weight is 293 g/mol. The number of rotatable bonds is 4. The van der Waals surface area contributed by atoms with Gasteiger partial charge in [0.25, 0.3) is 5.69 Å². The van der Waals surface area contributed by atoms with Crippen LogP contribution in [0, 0.1) is 16.0 Å². The minimum atomic E-state index is -1.16. The molecule has 0 spiro atoms.